The smallest absolute Gasteiger partial charge is 0.209 e. The van der Waals surface area contributed by atoms with Crippen molar-refractivity contribution in [1.29, 1.82) is 0 Å². The predicted molar refractivity (Wildman–Crippen MR) is 169 cm³/mol. The van der Waals surface area contributed by atoms with E-state index in [2.05, 4.69) is 116 Å². The third-order valence-corrected chi connectivity index (χ3v) is 9.34. The minimum Gasteiger partial charge on any atom is -0.344 e. The summed E-state index contributed by atoms with van der Waals surface area (Å²) in [6, 6.07) is 18.0. The number of benzene rings is 2. The second-order valence-corrected chi connectivity index (χ2v) is 12.8. The van der Waals surface area contributed by atoms with Gasteiger partial charge < -0.3 is 4.90 Å². The Kier molecular flexibility index (Phi) is 8.60. The highest BCUT2D eigenvalue weighted by molar-refractivity contribution is 6.03. The molecule has 2 aromatic rings. The maximum Gasteiger partial charge on any atom is 0.209 e. The molecule has 0 saturated heterocycles. The average molecular weight is 522 g/mol. The third-order valence-electron chi connectivity index (χ3n) is 9.34. The van der Waals surface area contributed by atoms with E-state index >= 15 is 0 Å². The molecule has 0 amide bonds. The van der Waals surface area contributed by atoms with Crippen molar-refractivity contribution in [1.82, 2.24) is 0 Å². The Morgan fingerprint density at radius 3 is 1.97 bits per heavy atom. The molecular weight excluding hydrogens is 472 g/mol. The van der Waals surface area contributed by atoms with E-state index in [0.717, 1.165) is 13.1 Å². The molecule has 3 heterocycles. The van der Waals surface area contributed by atoms with Crippen LogP contribution in [0.15, 0.2) is 84.6 Å². The van der Waals surface area contributed by atoms with Crippen LogP contribution in [0.5, 0.6) is 0 Å². The Hall–Kier alpha value is -2.87. The summed E-state index contributed by atoms with van der Waals surface area (Å²) in [5.74, 6) is 0. The van der Waals surface area contributed by atoms with Crippen molar-refractivity contribution < 1.29 is 4.58 Å². The number of fused-ring (bicyclic) bond motifs is 5. The Labute approximate surface area is 237 Å². The second-order valence-electron chi connectivity index (χ2n) is 12.8. The monoisotopic (exact) mass is 521 g/mol. The van der Waals surface area contributed by atoms with Crippen molar-refractivity contribution >= 4 is 17.1 Å². The Balaban J connectivity index is 1.45. The summed E-state index contributed by atoms with van der Waals surface area (Å²) in [5.41, 5.74) is 8.56. The van der Waals surface area contributed by atoms with Gasteiger partial charge in [-0.15, -0.1) is 0 Å². The van der Waals surface area contributed by atoms with Gasteiger partial charge in [0.2, 0.25) is 5.69 Å². The lowest BCUT2D eigenvalue weighted by atomic mass is 9.81. The number of anilines is 1. The SMILES string of the molecule is CC1(C)C2=[N+](CCCCCCCCCCCCN3/C(=C/C=C/C=C/2)C(C)(C)c2ccccc23)c2ccccc21. The van der Waals surface area contributed by atoms with Crippen LogP contribution >= 0.6 is 0 Å². The fourth-order valence-electron chi connectivity index (χ4n) is 7.08. The standard InChI is InChI=1S/C37H49N2/c1-36(2)30-22-16-18-24-32(30)38-28-20-11-9-7-5-6-8-10-12-21-29-39-33-25-19-17-23-31(33)37(3,4)35(39)27-15-13-14-26-34(36)38/h13-19,22-27H,5-12,20-21,28-29H2,1-4H3/q+1. The molecule has 0 unspecified atom stereocenters. The molecular formula is C37H49N2+. The molecule has 39 heavy (non-hydrogen) atoms. The van der Waals surface area contributed by atoms with Crippen molar-refractivity contribution in [3.8, 4) is 0 Å². The van der Waals surface area contributed by atoms with Gasteiger partial charge in [-0.3, -0.25) is 0 Å². The van der Waals surface area contributed by atoms with Gasteiger partial charge in [-0.1, -0.05) is 113 Å². The van der Waals surface area contributed by atoms with Crippen LogP contribution in [0.2, 0.25) is 0 Å². The van der Waals surface area contributed by atoms with Crippen molar-refractivity contribution in [2.24, 2.45) is 0 Å². The van der Waals surface area contributed by atoms with Crippen molar-refractivity contribution in [3.05, 3.63) is 95.7 Å². The highest BCUT2D eigenvalue weighted by Gasteiger charge is 2.43. The van der Waals surface area contributed by atoms with E-state index < -0.39 is 0 Å². The molecule has 5 rings (SSSR count). The number of hydrogen-bond acceptors (Lipinski definition) is 1. The zero-order chi connectivity index (χ0) is 27.3. The van der Waals surface area contributed by atoms with Crippen LogP contribution in [0.3, 0.4) is 0 Å². The predicted octanol–water partition coefficient (Wildman–Crippen LogP) is 9.77. The first-order valence-corrected chi connectivity index (χ1v) is 15.6. The molecule has 0 aromatic heterocycles. The quantitative estimate of drug-likeness (QED) is 0.313. The fourth-order valence-corrected chi connectivity index (χ4v) is 7.08. The van der Waals surface area contributed by atoms with E-state index in [1.165, 1.54) is 98.1 Å². The van der Waals surface area contributed by atoms with E-state index in [0.29, 0.717) is 0 Å². The molecule has 0 bridgehead atoms. The van der Waals surface area contributed by atoms with E-state index in [9.17, 15) is 0 Å². The van der Waals surface area contributed by atoms with Crippen molar-refractivity contribution in [2.45, 2.75) is 103 Å². The minimum atomic E-state index is 0.0144. The first-order valence-electron chi connectivity index (χ1n) is 15.6. The van der Waals surface area contributed by atoms with Crippen LogP contribution in [0.4, 0.5) is 11.4 Å². The van der Waals surface area contributed by atoms with E-state index in [4.69, 9.17) is 0 Å². The van der Waals surface area contributed by atoms with Crippen LogP contribution in [-0.2, 0) is 10.8 Å². The Bertz CT molecular complexity index is 1270. The highest BCUT2D eigenvalue weighted by atomic mass is 15.2. The fraction of sp³-hybridized carbons (Fsp3) is 0.486. The Morgan fingerprint density at radius 1 is 0.615 bits per heavy atom. The second kappa shape index (κ2) is 12.1. The molecule has 2 aromatic carbocycles. The Morgan fingerprint density at radius 2 is 1.23 bits per heavy atom. The van der Waals surface area contributed by atoms with Crippen LogP contribution in [0, 0.1) is 0 Å². The average Bonchev–Trinajstić information content (AvgIpc) is 3.28. The van der Waals surface area contributed by atoms with Gasteiger partial charge in [0.1, 0.15) is 6.54 Å². The summed E-state index contributed by atoms with van der Waals surface area (Å²) in [4.78, 5) is 2.60. The van der Waals surface area contributed by atoms with E-state index in [-0.39, 0.29) is 10.8 Å². The first-order chi connectivity index (χ1) is 18.9. The number of nitrogens with zero attached hydrogens (tertiary/aromatic N) is 2. The number of hydrogen-bond donors (Lipinski definition) is 0. The molecule has 0 fully saturated rings. The normalized spacial score (nSPS) is 24.8. The van der Waals surface area contributed by atoms with E-state index in [1.807, 2.05) is 0 Å². The molecule has 0 aliphatic carbocycles. The third kappa shape index (κ3) is 5.72. The van der Waals surface area contributed by atoms with Crippen LogP contribution in [0.25, 0.3) is 0 Å². The molecule has 3 aliphatic rings. The lowest BCUT2D eigenvalue weighted by Gasteiger charge is -2.27. The van der Waals surface area contributed by atoms with Gasteiger partial charge in [-0.25, -0.2) is 0 Å². The van der Waals surface area contributed by atoms with Gasteiger partial charge in [0.25, 0.3) is 0 Å². The van der Waals surface area contributed by atoms with Crippen LogP contribution < -0.4 is 4.90 Å². The lowest BCUT2D eigenvalue weighted by Crippen LogP contribution is -2.27. The van der Waals surface area contributed by atoms with Gasteiger partial charge in [0.05, 0.1) is 5.41 Å². The van der Waals surface area contributed by atoms with Gasteiger partial charge in [0, 0.05) is 47.5 Å². The molecule has 0 atom stereocenters. The first kappa shape index (κ1) is 27.7. The summed E-state index contributed by atoms with van der Waals surface area (Å²) >= 11 is 0. The molecule has 0 spiro atoms. The maximum absolute atomic E-state index is 2.60. The van der Waals surface area contributed by atoms with Gasteiger partial charge >= 0.3 is 0 Å². The minimum absolute atomic E-state index is 0.0144. The van der Waals surface area contributed by atoms with Crippen molar-refractivity contribution in [3.63, 3.8) is 0 Å². The van der Waals surface area contributed by atoms with Gasteiger partial charge in [0.15, 0.2) is 5.71 Å². The van der Waals surface area contributed by atoms with E-state index in [1.54, 1.807) is 0 Å². The number of para-hydroxylation sites is 2. The number of rotatable bonds is 0. The van der Waals surface area contributed by atoms with Crippen LogP contribution in [0.1, 0.15) is 103 Å². The van der Waals surface area contributed by atoms with Gasteiger partial charge in [-0.2, -0.15) is 4.58 Å². The van der Waals surface area contributed by atoms with Crippen molar-refractivity contribution in [2.75, 3.05) is 18.0 Å². The zero-order valence-corrected chi connectivity index (χ0v) is 24.9. The molecule has 0 saturated carbocycles. The summed E-state index contributed by atoms with van der Waals surface area (Å²) in [5, 5.41) is 0. The molecule has 0 N–H and O–H groups in total. The summed E-state index contributed by atoms with van der Waals surface area (Å²) in [6.45, 7) is 11.7. The number of allylic oxidation sites excluding steroid dienone is 6. The maximum atomic E-state index is 2.60. The topological polar surface area (TPSA) is 6.25 Å². The lowest BCUT2D eigenvalue weighted by molar-refractivity contribution is -0.438. The zero-order valence-electron chi connectivity index (χ0n) is 24.9. The largest absolute Gasteiger partial charge is 0.344 e. The highest BCUT2D eigenvalue weighted by Crippen LogP contribution is 2.47. The van der Waals surface area contributed by atoms with Gasteiger partial charge in [-0.05, 0) is 44.4 Å². The molecule has 0 radical (unpaired) electrons. The summed E-state index contributed by atoms with van der Waals surface area (Å²) < 4.78 is 2.60. The molecule has 2 nitrogen and oxygen atoms in total. The molecule has 2 heteroatoms. The molecule has 206 valence electrons. The van der Waals surface area contributed by atoms with Crippen LogP contribution in [-0.4, -0.2) is 23.4 Å². The molecule has 3 aliphatic heterocycles. The summed E-state index contributed by atoms with van der Waals surface area (Å²) in [6.07, 6.45) is 25.0. The summed E-state index contributed by atoms with van der Waals surface area (Å²) in [7, 11) is 0.